The minimum atomic E-state index is -4.41. The average Bonchev–Trinajstić information content (AvgIpc) is 3.23. The van der Waals surface area contributed by atoms with E-state index in [1.165, 1.54) is 23.5 Å². The van der Waals surface area contributed by atoms with E-state index in [0.29, 0.717) is 17.8 Å². The van der Waals surface area contributed by atoms with E-state index < -0.39 is 17.8 Å². The van der Waals surface area contributed by atoms with Gasteiger partial charge in [0.15, 0.2) is 0 Å². The normalized spacial score (nSPS) is 11.4. The zero-order valence-corrected chi connectivity index (χ0v) is 14.5. The molecule has 9 heteroatoms. The average molecular weight is 380 g/mol. The fourth-order valence-corrected chi connectivity index (χ4v) is 3.10. The molecule has 3 rings (SSSR count). The van der Waals surface area contributed by atoms with Crippen molar-refractivity contribution in [3.63, 3.8) is 0 Å². The predicted molar refractivity (Wildman–Crippen MR) is 95.4 cm³/mol. The number of aromatic amines is 1. The summed E-state index contributed by atoms with van der Waals surface area (Å²) in [5.41, 5.74) is 1.43. The molecular weight excluding hydrogens is 365 g/mol. The number of halogens is 3. The summed E-state index contributed by atoms with van der Waals surface area (Å²) < 4.78 is 37.8. The number of hydrogen-bond acceptors (Lipinski definition) is 3. The molecule has 0 fully saturated rings. The van der Waals surface area contributed by atoms with Gasteiger partial charge in [0, 0.05) is 5.69 Å². The second-order valence-electron chi connectivity index (χ2n) is 5.41. The standard InChI is InChI=1S/C17H15F3N4OS/c1-2-12-14(15(24-23-12)13-4-3-9-26-13)22-16(25)21-11-7-5-10(6-8-11)17(18,19)20/h3-9H,2H2,1H3,(H,23,24)(H2,21,22,25). The van der Waals surface area contributed by atoms with Gasteiger partial charge in [0.2, 0.25) is 0 Å². The van der Waals surface area contributed by atoms with Crippen molar-refractivity contribution in [1.29, 1.82) is 0 Å². The Kier molecular flexibility index (Phi) is 4.99. The first-order valence-corrected chi connectivity index (χ1v) is 8.63. The van der Waals surface area contributed by atoms with Gasteiger partial charge in [0.05, 0.1) is 21.8 Å². The molecule has 0 aliphatic rings. The quantitative estimate of drug-likeness (QED) is 0.570. The molecule has 5 nitrogen and oxygen atoms in total. The molecule has 0 aliphatic carbocycles. The Balaban J connectivity index is 1.75. The maximum atomic E-state index is 12.6. The van der Waals surface area contributed by atoms with Crippen molar-refractivity contribution in [2.75, 3.05) is 10.6 Å². The van der Waals surface area contributed by atoms with Gasteiger partial charge >= 0.3 is 12.2 Å². The van der Waals surface area contributed by atoms with Crippen LogP contribution in [0.1, 0.15) is 18.2 Å². The van der Waals surface area contributed by atoms with E-state index in [1.54, 1.807) is 0 Å². The van der Waals surface area contributed by atoms with Crippen LogP contribution in [0.3, 0.4) is 0 Å². The van der Waals surface area contributed by atoms with Gasteiger partial charge in [0.1, 0.15) is 5.69 Å². The lowest BCUT2D eigenvalue weighted by molar-refractivity contribution is -0.137. The Morgan fingerprint density at radius 1 is 1.19 bits per heavy atom. The SMILES string of the molecule is CCc1[nH]nc(-c2cccs2)c1NC(=O)Nc1ccc(C(F)(F)F)cc1. The lowest BCUT2D eigenvalue weighted by Gasteiger charge is -2.10. The van der Waals surface area contributed by atoms with Gasteiger partial charge in [-0.15, -0.1) is 11.3 Å². The van der Waals surface area contributed by atoms with Gasteiger partial charge in [-0.2, -0.15) is 18.3 Å². The summed E-state index contributed by atoms with van der Waals surface area (Å²) >= 11 is 1.49. The smallest absolute Gasteiger partial charge is 0.308 e. The zero-order valence-electron chi connectivity index (χ0n) is 13.6. The number of H-pyrrole nitrogens is 1. The van der Waals surface area contributed by atoms with Crippen molar-refractivity contribution in [3.05, 3.63) is 53.0 Å². The third-order valence-corrected chi connectivity index (χ3v) is 4.53. The molecule has 0 radical (unpaired) electrons. The Hall–Kier alpha value is -2.81. The number of aromatic nitrogens is 2. The predicted octanol–water partition coefficient (Wildman–Crippen LogP) is 5.36. The number of rotatable bonds is 4. The van der Waals surface area contributed by atoms with Crippen molar-refractivity contribution in [2.45, 2.75) is 19.5 Å². The number of hydrogen-bond donors (Lipinski definition) is 3. The Labute approximate surface area is 151 Å². The first kappa shape index (κ1) is 18.0. The maximum absolute atomic E-state index is 12.6. The number of nitrogens with zero attached hydrogens (tertiary/aromatic N) is 1. The Morgan fingerprint density at radius 3 is 2.50 bits per heavy atom. The highest BCUT2D eigenvalue weighted by Crippen LogP contribution is 2.33. The summed E-state index contributed by atoms with van der Waals surface area (Å²) in [6.45, 7) is 1.92. The first-order chi connectivity index (χ1) is 12.4. The van der Waals surface area contributed by atoms with Crippen molar-refractivity contribution >= 4 is 28.7 Å². The monoisotopic (exact) mass is 380 g/mol. The van der Waals surface area contributed by atoms with Crippen molar-refractivity contribution in [3.8, 4) is 10.6 Å². The molecular formula is C17H15F3N4OS. The van der Waals surface area contributed by atoms with Gasteiger partial charge in [-0.3, -0.25) is 5.10 Å². The number of urea groups is 1. The number of thiophene rings is 1. The molecule has 2 aromatic heterocycles. The first-order valence-electron chi connectivity index (χ1n) is 7.75. The summed E-state index contributed by atoms with van der Waals surface area (Å²) in [5.74, 6) is 0. The fourth-order valence-electron chi connectivity index (χ4n) is 2.38. The summed E-state index contributed by atoms with van der Waals surface area (Å²) in [6.07, 6.45) is -3.78. The van der Waals surface area contributed by atoms with Crippen LogP contribution in [0.2, 0.25) is 0 Å². The van der Waals surface area contributed by atoms with E-state index in [4.69, 9.17) is 0 Å². The minimum Gasteiger partial charge on any atom is -0.308 e. The third-order valence-electron chi connectivity index (χ3n) is 3.66. The number of alkyl halides is 3. The van der Waals surface area contributed by atoms with Crippen LogP contribution in [-0.2, 0) is 12.6 Å². The molecule has 136 valence electrons. The molecule has 0 unspecified atom stereocenters. The largest absolute Gasteiger partial charge is 0.416 e. The number of aryl methyl sites for hydroxylation is 1. The van der Waals surface area contributed by atoms with Gasteiger partial charge < -0.3 is 10.6 Å². The van der Waals surface area contributed by atoms with Crippen molar-refractivity contribution < 1.29 is 18.0 Å². The van der Waals surface area contributed by atoms with Crippen molar-refractivity contribution in [1.82, 2.24) is 10.2 Å². The van der Waals surface area contributed by atoms with Gasteiger partial charge in [0.25, 0.3) is 0 Å². The summed E-state index contributed by atoms with van der Waals surface area (Å²) in [4.78, 5) is 13.2. The second kappa shape index (κ2) is 7.20. The Bertz CT molecular complexity index is 886. The molecule has 2 heterocycles. The third kappa shape index (κ3) is 3.88. The second-order valence-corrected chi connectivity index (χ2v) is 6.36. The van der Waals surface area contributed by atoms with Crippen molar-refractivity contribution in [2.24, 2.45) is 0 Å². The summed E-state index contributed by atoms with van der Waals surface area (Å²) in [7, 11) is 0. The van der Waals surface area contributed by atoms with Gasteiger partial charge in [-0.25, -0.2) is 4.79 Å². The minimum absolute atomic E-state index is 0.259. The fraction of sp³-hybridized carbons (Fsp3) is 0.176. The molecule has 0 aliphatic heterocycles. The van der Waals surface area contributed by atoms with Crippen LogP contribution >= 0.6 is 11.3 Å². The molecule has 3 aromatic rings. The lowest BCUT2D eigenvalue weighted by atomic mass is 10.2. The van der Waals surface area contributed by atoms with Crippen LogP contribution in [0, 0.1) is 0 Å². The molecule has 1 aromatic carbocycles. The topological polar surface area (TPSA) is 69.8 Å². The number of anilines is 2. The van der Waals surface area contributed by atoms with E-state index >= 15 is 0 Å². The molecule has 0 bridgehead atoms. The summed E-state index contributed by atoms with van der Waals surface area (Å²) in [6, 6.07) is 7.46. The van der Waals surface area contributed by atoms with E-state index in [2.05, 4.69) is 20.8 Å². The van der Waals surface area contributed by atoms with Gasteiger partial charge in [-0.1, -0.05) is 13.0 Å². The van der Waals surface area contributed by atoms with Crippen LogP contribution in [-0.4, -0.2) is 16.2 Å². The van der Waals surface area contributed by atoms with Crippen LogP contribution in [0.15, 0.2) is 41.8 Å². The molecule has 2 amide bonds. The lowest BCUT2D eigenvalue weighted by Crippen LogP contribution is -2.20. The highest BCUT2D eigenvalue weighted by molar-refractivity contribution is 7.13. The number of carbonyl (C=O) groups excluding carboxylic acids is 1. The molecule has 0 spiro atoms. The van der Waals surface area contributed by atoms with E-state index in [9.17, 15) is 18.0 Å². The zero-order chi connectivity index (χ0) is 18.7. The number of benzene rings is 1. The number of carbonyl (C=O) groups is 1. The highest BCUT2D eigenvalue weighted by atomic mass is 32.1. The molecule has 3 N–H and O–H groups in total. The Morgan fingerprint density at radius 2 is 1.92 bits per heavy atom. The van der Waals surface area contributed by atoms with Crippen LogP contribution in [0.5, 0.6) is 0 Å². The molecule has 0 saturated carbocycles. The molecule has 26 heavy (non-hydrogen) atoms. The van der Waals surface area contributed by atoms with Crippen LogP contribution in [0.4, 0.5) is 29.3 Å². The van der Waals surface area contributed by atoms with E-state index in [1.807, 2.05) is 24.4 Å². The molecule has 0 saturated heterocycles. The highest BCUT2D eigenvalue weighted by Gasteiger charge is 2.30. The summed E-state index contributed by atoms with van der Waals surface area (Å²) in [5, 5.41) is 14.3. The van der Waals surface area contributed by atoms with Crippen LogP contribution in [0.25, 0.3) is 10.6 Å². The maximum Gasteiger partial charge on any atom is 0.416 e. The van der Waals surface area contributed by atoms with E-state index in [0.717, 1.165) is 22.7 Å². The van der Waals surface area contributed by atoms with Gasteiger partial charge in [-0.05, 0) is 42.1 Å². The van der Waals surface area contributed by atoms with Crippen LogP contribution < -0.4 is 10.6 Å². The molecule has 0 atom stereocenters. The number of nitrogens with one attached hydrogen (secondary N) is 3. The number of amides is 2. The van der Waals surface area contributed by atoms with E-state index in [-0.39, 0.29) is 5.69 Å².